The lowest BCUT2D eigenvalue weighted by Crippen LogP contribution is -2.30. The Balaban J connectivity index is 2.12. The summed E-state index contributed by atoms with van der Waals surface area (Å²) in [5.41, 5.74) is 0.654. The van der Waals surface area contributed by atoms with E-state index in [2.05, 4.69) is 10.6 Å². The van der Waals surface area contributed by atoms with Crippen molar-refractivity contribution in [1.29, 1.82) is 0 Å². The van der Waals surface area contributed by atoms with Gasteiger partial charge in [0.2, 0.25) is 0 Å². The number of amides is 2. The van der Waals surface area contributed by atoms with Crippen LogP contribution in [0.5, 0.6) is 5.75 Å². The van der Waals surface area contributed by atoms with Gasteiger partial charge in [-0.25, -0.2) is 4.79 Å². The number of hydrogen-bond donors (Lipinski definition) is 4. The first-order valence-electron chi connectivity index (χ1n) is 6.77. The summed E-state index contributed by atoms with van der Waals surface area (Å²) in [7, 11) is -0.321. The summed E-state index contributed by atoms with van der Waals surface area (Å²) >= 11 is 0. The third kappa shape index (κ3) is 4.21. The van der Waals surface area contributed by atoms with Gasteiger partial charge >= 0.3 is 13.1 Å². The van der Waals surface area contributed by atoms with E-state index in [9.17, 15) is 14.9 Å². The molecule has 0 spiro atoms. The average Bonchev–Trinajstić information content (AvgIpc) is 2.55. The van der Waals surface area contributed by atoms with Crippen molar-refractivity contribution in [1.82, 2.24) is 0 Å². The molecule has 0 atom stereocenters. The summed E-state index contributed by atoms with van der Waals surface area (Å²) < 4.78 is 5.02. The fourth-order valence-corrected chi connectivity index (χ4v) is 1.96. The van der Waals surface area contributed by atoms with Gasteiger partial charge in [0.25, 0.3) is 5.69 Å². The average molecular weight is 331 g/mol. The van der Waals surface area contributed by atoms with Gasteiger partial charge in [0, 0.05) is 11.8 Å². The first-order chi connectivity index (χ1) is 11.4. The van der Waals surface area contributed by atoms with Crippen molar-refractivity contribution in [3.8, 4) is 5.75 Å². The molecule has 0 aromatic heterocycles. The van der Waals surface area contributed by atoms with Crippen LogP contribution in [-0.4, -0.2) is 35.2 Å². The third-order valence-electron chi connectivity index (χ3n) is 3.09. The molecule has 2 aromatic rings. The van der Waals surface area contributed by atoms with Gasteiger partial charge in [0.1, 0.15) is 5.75 Å². The maximum atomic E-state index is 12.0. The molecule has 4 N–H and O–H groups in total. The molecule has 0 unspecified atom stereocenters. The lowest BCUT2D eigenvalue weighted by molar-refractivity contribution is -0.384. The van der Waals surface area contributed by atoms with Crippen LogP contribution in [0.3, 0.4) is 0 Å². The van der Waals surface area contributed by atoms with Gasteiger partial charge in [0.15, 0.2) is 0 Å². The molecule has 0 saturated heterocycles. The van der Waals surface area contributed by atoms with Crippen molar-refractivity contribution in [2.75, 3.05) is 17.7 Å². The van der Waals surface area contributed by atoms with Crippen LogP contribution in [0.1, 0.15) is 0 Å². The summed E-state index contributed by atoms with van der Waals surface area (Å²) in [5, 5.41) is 34.0. The number of methoxy groups -OCH3 is 1. The highest BCUT2D eigenvalue weighted by atomic mass is 16.6. The molecular weight excluding hydrogens is 317 g/mol. The van der Waals surface area contributed by atoms with Crippen LogP contribution in [-0.2, 0) is 0 Å². The lowest BCUT2D eigenvalue weighted by Gasteiger charge is -2.11. The largest absolute Gasteiger partial charge is 0.494 e. The number of nitrogens with one attached hydrogen (secondary N) is 2. The van der Waals surface area contributed by atoms with Crippen LogP contribution in [0.2, 0.25) is 0 Å². The van der Waals surface area contributed by atoms with Crippen molar-refractivity contribution >= 4 is 35.7 Å². The zero-order chi connectivity index (χ0) is 17.7. The van der Waals surface area contributed by atoms with Crippen LogP contribution in [0.25, 0.3) is 0 Å². The number of nitrogens with zero attached hydrogens (tertiary/aromatic N) is 1. The summed E-state index contributed by atoms with van der Waals surface area (Å²) in [6, 6.07) is 9.18. The summed E-state index contributed by atoms with van der Waals surface area (Å²) in [6.07, 6.45) is 0. The monoisotopic (exact) mass is 331 g/mol. The number of nitro groups is 1. The van der Waals surface area contributed by atoms with E-state index in [0.717, 1.165) is 0 Å². The molecule has 2 amide bonds. The second-order valence-electron chi connectivity index (χ2n) is 4.72. The molecule has 24 heavy (non-hydrogen) atoms. The lowest BCUT2D eigenvalue weighted by atomic mass is 9.80. The minimum Gasteiger partial charge on any atom is -0.494 e. The Morgan fingerprint density at radius 3 is 2.58 bits per heavy atom. The number of carbonyl (C=O) groups is 1. The smallest absolute Gasteiger partial charge is 0.488 e. The Morgan fingerprint density at radius 2 is 1.96 bits per heavy atom. The van der Waals surface area contributed by atoms with Gasteiger partial charge in [-0.2, -0.15) is 0 Å². The first-order valence-corrected chi connectivity index (χ1v) is 6.77. The minimum absolute atomic E-state index is 0.138. The maximum Gasteiger partial charge on any atom is 0.488 e. The molecule has 0 bridgehead atoms. The number of non-ortho nitro benzene ring substituents is 1. The van der Waals surface area contributed by atoms with E-state index in [0.29, 0.717) is 5.69 Å². The highest BCUT2D eigenvalue weighted by Crippen LogP contribution is 2.29. The molecule has 10 heteroatoms. The van der Waals surface area contributed by atoms with Gasteiger partial charge in [-0.3, -0.25) is 10.1 Å². The van der Waals surface area contributed by atoms with Crippen molar-refractivity contribution in [2.45, 2.75) is 0 Å². The highest BCUT2D eigenvalue weighted by Gasteiger charge is 2.14. The fraction of sp³-hybridized carbons (Fsp3) is 0.0714. The number of ether oxygens (including phenoxy) is 1. The molecule has 124 valence electrons. The molecule has 0 heterocycles. The Labute approximate surface area is 137 Å². The summed E-state index contributed by atoms with van der Waals surface area (Å²) in [5.74, 6) is 0.138. The van der Waals surface area contributed by atoms with E-state index in [-0.39, 0.29) is 22.6 Å². The molecule has 0 aliphatic heterocycles. The molecule has 0 aliphatic rings. The quantitative estimate of drug-likeness (QED) is 0.366. The standard InChI is InChI=1S/C14H14BN3O6/c1-24-13-8-11(18(22)23)5-6-12(13)17-14(19)16-10-4-2-3-9(7-10)15(20)21/h2-8,20-21H,1H3,(H2,16,17,19). The van der Waals surface area contributed by atoms with Gasteiger partial charge in [-0.1, -0.05) is 12.1 Å². The van der Waals surface area contributed by atoms with E-state index >= 15 is 0 Å². The number of nitro benzene ring substituents is 1. The van der Waals surface area contributed by atoms with E-state index < -0.39 is 18.1 Å². The topological polar surface area (TPSA) is 134 Å². The SMILES string of the molecule is COc1cc([N+](=O)[O-])ccc1NC(=O)Nc1cccc(B(O)O)c1. The minimum atomic E-state index is -1.65. The Kier molecular flexibility index (Phi) is 5.35. The normalized spacial score (nSPS) is 9.96. The van der Waals surface area contributed by atoms with Gasteiger partial charge < -0.3 is 25.4 Å². The zero-order valence-electron chi connectivity index (χ0n) is 12.6. The second kappa shape index (κ2) is 7.44. The maximum absolute atomic E-state index is 12.0. The van der Waals surface area contributed by atoms with Crippen LogP contribution in [0, 0.1) is 10.1 Å². The molecule has 0 fully saturated rings. The van der Waals surface area contributed by atoms with Crippen LogP contribution >= 0.6 is 0 Å². The Morgan fingerprint density at radius 1 is 1.21 bits per heavy atom. The highest BCUT2D eigenvalue weighted by molar-refractivity contribution is 6.58. The van der Waals surface area contributed by atoms with Gasteiger partial charge in [-0.05, 0) is 23.7 Å². The van der Waals surface area contributed by atoms with Crippen molar-refractivity contribution in [2.24, 2.45) is 0 Å². The molecular formula is C14H14BN3O6. The molecule has 9 nitrogen and oxygen atoms in total. The first kappa shape index (κ1) is 17.3. The molecule has 2 aromatic carbocycles. The predicted octanol–water partition coefficient (Wildman–Crippen LogP) is 0.927. The van der Waals surface area contributed by atoms with Crippen LogP contribution < -0.4 is 20.8 Å². The number of anilines is 2. The second-order valence-corrected chi connectivity index (χ2v) is 4.72. The number of urea groups is 1. The van der Waals surface area contributed by atoms with Gasteiger partial charge in [0.05, 0.1) is 23.8 Å². The number of carbonyl (C=O) groups excluding carboxylic acids is 1. The van der Waals surface area contributed by atoms with Crippen molar-refractivity contribution < 1.29 is 24.5 Å². The number of hydrogen-bond acceptors (Lipinski definition) is 6. The zero-order valence-corrected chi connectivity index (χ0v) is 12.6. The fourth-order valence-electron chi connectivity index (χ4n) is 1.96. The number of rotatable bonds is 5. The third-order valence-corrected chi connectivity index (χ3v) is 3.09. The van der Waals surface area contributed by atoms with Crippen LogP contribution in [0.4, 0.5) is 21.9 Å². The molecule has 0 radical (unpaired) electrons. The van der Waals surface area contributed by atoms with Crippen molar-refractivity contribution in [3.05, 3.63) is 52.6 Å². The Hall–Kier alpha value is -3.11. The number of benzene rings is 2. The van der Waals surface area contributed by atoms with E-state index in [1.165, 1.54) is 37.4 Å². The van der Waals surface area contributed by atoms with E-state index in [1.807, 2.05) is 0 Å². The molecule has 2 rings (SSSR count). The summed E-state index contributed by atoms with van der Waals surface area (Å²) in [6.45, 7) is 0. The predicted molar refractivity (Wildman–Crippen MR) is 88.6 cm³/mol. The molecule has 0 saturated carbocycles. The van der Waals surface area contributed by atoms with Crippen molar-refractivity contribution in [3.63, 3.8) is 0 Å². The van der Waals surface area contributed by atoms with Gasteiger partial charge in [-0.15, -0.1) is 0 Å². The summed E-state index contributed by atoms with van der Waals surface area (Å²) in [4.78, 5) is 22.2. The Bertz CT molecular complexity index is 768. The van der Waals surface area contributed by atoms with E-state index in [1.54, 1.807) is 12.1 Å². The molecule has 0 aliphatic carbocycles. The van der Waals surface area contributed by atoms with E-state index in [4.69, 9.17) is 14.8 Å². The van der Waals surface area contributed by atoms with Crippen LogP contribution in [0.15, 0.2) is 42.5 Å².